The van der Waals surface area contributed by atoms with Crippen molar-refractivity contribution in [3.8, 4) is 22.8 Å². The van der Waals surface area contributed by atoms with Gasteiger partial charge in [-0.05, 0) is 64.7 Å². The summed E-state index contributed by atoms with van der Waals surface area (Å²) in [4.78, 5) is 9.13. The van der Waals surface area contributed by atoms with Crippen LogP contribution in [-0.2, 0) is 0 Å². The molecule has 0 amide bonds. The standard InChI is InChI=1S/C28H18N2O/c1-2-10-23-22(9-1)24-14-13-21(18-26(24)28-25(23)11-6-16-30-28)31-20-8-5-7-19(17-20)27-12-3-4-15-29-27/h1-18H. The molecule has 31 heavy (non-hydrogen) atoms. The highest BCUT2D eigenvalue weighted by molar-refractivity contribution is 6.24. The van der Waals surface area contributed by atoms with Gasteiger partial charge in [0.15, 0.2) is 0 Å². The SMILES string of the molecule is c1ccc(-c2cccc(Oc3ccc4c5ccccc5c5cccnc5c4c3)c2)nc1. The molecule has 0 unspecified atom stereocenters. The molecule has 0 aliphatic heterocycles. The average molecular weight is 398 g/mol. The van der Waals surface area contributed by atoms with Crippen LogP contribution >= 0.6 is 0 Å². The van der Waals surface area contributed by atoms with Crippen LogP contribution in [0.4, 0.5) is 0 Å². The second-order valence-corrected chi connectivity index (χ2v) is 7.50. The molecule has 0 bridgehead atoms. The van der Waals surface area contributed by atoms with Crippen LogP contribution in [0, 0.1) is 0 Å². The van der Waals surface area contributed by atoms with Gasteiger partial charge in [-0.3, -0.25) is 9.97 Å². The zero-order valence-corrected chi connectivity index (χ0v) is 16.7. The lowest BCUT2D eigenvalue weighted by Crippen LogP contribution is -1.89. The first-order valence-electron chi connectivity index (χ1n) is 10.3. The molecule has 3 heteroatoms. The van der Waals surface area contributed by atoms with E-state index in [-0.39, 0.29) is 0 Å². The molecule has 2 aromatic heterocycles. The summed E-state index contributed by atoms with van der Waals surface area (Å²) < 4.78 is 6.25. The summed E-state index contributed by atoms with van der Waals surface area (Å²) in [7, 11) is 0. The van der Waals surface area contributed by atoms with Gasteiger partial charge in [0.1, 0.15) is 11.5 Å². The number of hydrogen-bond donors (Lipinski definition) is 0. The summed E-state index contributed by atoms with van der Waals surface area (Å²) in [5.74, 6) is 1.56. The van der Waals surface area contributed by atoms with E-state index in [1.807, 2.05) is 60.8 Å². The molecule has 0 fully saturated rings. The number of fused-ring (bicyclic) bond motifs is 6. The molecule has 0 radical (unpaired) electrons. The number of hydrogen-bond acceptors (Lipinski definition) is 3. The smallest absolute Gasteiger partial charge is 0.128 e. The fourth-order valence-electron chi connectivity index (χ4n) is 4.20. The minimum atomic E-state index is 0.778. The van der Waals surface area contributed by atoms with Crippen LogP contribution in [-0.4, -0.2) is 9.97 Å². The first-order chi connectivity index (χ1) is 15.4. The Balaban J connectivity index is 1.48. The van der Waals surface area contributed by atoms with Crippen molar-refractivity contribution in [3.05, 3.63) is 109 Å². The minimum absolute atomic E-state index is 0.778. The Morgan fingerprint density at radius 1 is 0.484 bits per heavy atom. The van der Waals surface area contributed by atoms with Crippen LogP contribution in [0.15, 0.2) is 109 Å². The number of ether oxygens (including phenoxy) is 1. The zero-order chi connectivity index (χ0) is 20.6. The Morgan fingerprint density at radius 2 is 1.23 bits per heavy atom. The number of nitrogens with zero attached hydrogens (tertiary/aromatic N) is 2. The lowest BCUT2D eigenvalue weighted by atomic mass is 9.97. The number of benzene rings is 4. The van der Waals surface area contributed by atoms with E-state index in [0.717, 1.165) is 39.0 Å². The molecule has 146 valence electrons. The predicted molar refractivity (Wildman–Crippen MR) is 127 cm³/mol. The molecule has 6 aromatic rings. The second-order valence-electron chi connectivity index (χ2n) is 7.50. The molecule has 4 aromatic carbocycles. The van der Waals surface area contributed by atoms with Gasteiger partial charge in [0, 0.05) is 28.7 Å². The van der Waals surface area contributed by atoms with Crippen LogP contribution in [0.2, 0.25) is 0 Å². The van der Waals surface area contributed by atoms with E-state index in [0.29, 0.717) is 0 Å². The van der Waals surface area contributed by atoms with Crippen LogP contribution < -0.4 is 4.74 Å². The van der Waals surface area contributed by atoms with Gasteiger partial charge in [-0.2, -0.15) is 0 Å². The van der Waals surface area contributed by atoms with E-state index in [1.165, 1.54) is 16.2 Å². The van der Waals surface area contributed by atoms with Gasteiger partial charge in [0.05, 0.1) is 11.2 Å². The molecule has 0 aliphatic rings. The maximum absolute atomic E-state index is 6.25. The molecule has 0 atom stereocenters. The molecule has 0 N–H and O–H groups in total. The minimum Gasteiger partial charge on any atom is -0.457 e. The highest BCUT2D eigenvalue weighted by atomic mass is 16.5. The van der Waals surface area contributed by atoms with Gasteiger partial charge < -0.3 is 4.74 Å². The lowest BCUT2D eigenvalue weighted by molar-refractivity contribution is 0.483. The van der Waals surface area contributed by atoms with Gasteiger partial charge in [0.2, 0.25) is 0 Å². The highest BCUT2D eigenvalue weighted by Crippen LogP contribution is 2.36. The summed E-state index contributed by atoms with van der Waals surface area (Å²) >= 11 is 0. The average Bonchev–Trinajstić information content (AvgIpc) is 2.85. The predicted octanol–water partition coefficient (Wildman–Crippen LogP) is 7.40. The summed E-state index contributed by atoms with van der Waals surface area (Å²) in [6, 6.07) is 32.8. The largest absolute Gasteiger partial charge is 0.457 e. The van der Waals surface area contributed by atoms with E-state index < -0.39 is 0 Å². The topological polar surface area (TPSA) is 35.0 Å². The molecular formula is C28H18N2O. The quantitative estimate of drug-likeness (QED) is 0.291. The van der Waals surface area contributed by atoms with Crippen molar-refractivity contribution in [2.24, 2.45) is 0 Å². The zero-order valence-electron chi connectivity index (χ0n) is 16.7. The lowest BCUT2D eigenvalue weighted by Gasteiger charge is -2.12. The van der Waals surface area contributed by atoms with E-state index in [4.69, 9.17) is 9.72 Å². The molecule has 6 rings (SSSR count). The summed E-state index contributed by atoms with van der Waals surface area (Å²) in [6.45, 7) is 0. The van der Waals surface area contributed by atoms with Crippen LogP contribution in [0.3, 0.4) is 0 Å². The summed E-state index contributed by atoms with van der Waals surface area (Å²) in [6.07, 6.45) is 3.65. The van der Waals surface area contributed by atoms with Crippen LogP contribution in [0.1, 0.15) is 0 Å². The van der Waals surface area contributed by atoms with Crippen molar-refractivity contribution in [2.45, 2.75) is 0 Å². The maximum atomic E-state index is 6.25. The van der Waals surface area contributed by atoms with Gasteiger partial charge in [-0.15, -0.1) is 0 Å². The number of rotatable bonds is 3. The summed E-state index contributed by atoms with van der Waals surface area (Å²) in [5.41, 5.74) is 2.94. The third-order valence-corrected chi connectivity index (χ3v) is 5.59. The maximum Gasteiger partial charge on any atom is 0.128 e. The first-order valence-corrected chi connectivity index (χ1v) is 10.3. The van der Waals surface area contributed by atoms with Gasteiger partial charge in [-0.1, -0.05) is 48.5 Å². The number of pyridine rings is 2. The Bertz CT molecular complexity index is 1520. The second kappa shape index (κ2) is 7.22. The van der Waals surface area contributed by atoms with Crippen LogP contribution in [0.5, 0.6) is 11.5 Å². The third kappa shape index (κ3) is 3.08. The molecule has 0 saturated carbocycles. The van der Waals surface area contributed by atoms with Crippen molar-refractivity contribution in [2.75, 3.05) is 0 Å². The normalized spacial score (nSPS) is 11.2. The van der Waals surface area contributed by atoms with Crippen molar-refractivity contribution in [1.29, 1.82) is 0 Å². The molecule has 0 saturated heterocycles. The Hall–Kier alpha value is -4.24. The van der Waals surface area contributed by atoms with Crippen molar-refractivity contribution < 1.29 is 4.74 Å². The molecule has 3 nitrogen and oxygen atoms in total. The Labute approximate surface area is 179 Å². The van der Waals surface area contributed by atoms with E-state index in [2.05, 4.69) is 47.4 Å². The molecule has 0 spiro atoms. The highest BCUT2D eigenvalue weighted by Gasteiger charge is 2.10. The van der Waals surface area contributed by atoms with E-state index in [1.54, 1.807) is 6.20 Å². The summed E-state index contributed by atoms with van der Waals surface area (Å²) in [5, 5.41) is 5.86. The van der Waals surface area contributed by atoms with Gasteiger partial charge in [0.25, 0.3) is 0 Å². The molecular weight excluding hydrogens is 380 g/mol. The van der Waals surface area contributed by atoms with Crippen molar-refractivity contribution in [3.63, 3.8) is 0 Å². The van der Waals surface area contributed by atoms with Crippen molar-refractivity contribution >= 4 is 32.4 Å². The first kappa shape index (κ1) is 17.6. The van der Waals surface area contributed by atoms with E-state index >= 15 is 0 Å². The fraction of sp³-hybridized carbons (Fsp3) is 0. The van der Waals surface area contributed by atoms with Crippen LogP contribution in [0.25, 0.3) is 43.7 Å². The third-order valence-electron chi connectivity index (χ3n) is 5.59. The Morgan fingerprint density at radius 3 is 2.10 bits per heavy atom. The van der Waals surface area contributed by atoms with E-state index in [9.17, 15) is 0 Å². The van der Waals surface area contributed by atoms with Gasteiger partial charge >= 0.3 is 0 Å². The van der Waals surface area contributed by atoms with Crippen molar-refractivity contribution in [1.82, 2.24) is 9.97 Å². The molecule has 2 heterocycles. The monoisotopic (exact) mass is 398 g/mol. The Kier molecular flexibility index (Phi) is 4.10. The number of aromatic nitrogens is 2. The fourth-order valence-corrected chi connectivity index (χ4v) is 4.20. The molecule has 0 aliphatic carbocycles. The van der Waals surface area contributed by atoms with Gasteiger partial charge in [-0.25, -0.2) is 0 Å².